The first kappa shape index (κ1) is 22.2. The van der Waals surface area contributed by atoms with Gasteiger partial charge in [-0.05, 0) is 44.4 Å². The lowest BCUT2D eigenvalue weighted by Gasteiger charge is -2.26. The fourth-order valence-corrected chi connectivity index (χ4v) is 4.32. The second-order valence-corrected chi connectivity index (χ2v) is 9.38. The van der Waals surface area contributed by atoms with Gasteiger partial charge >= 0.3 is 0 Å². The van der Waals surface area contributed by atoms with Crippen molar-refractivity contribution in [1.29, 1.82) is 5.26 Å². The molecule has 1 fully saturated rings. The van der Waals surface area contributed by atoms with Crippen LogP contribution in [-0.4, -0.2) is 50.2 Å². The molecule has 8 heteroatoms. The number of nitriles is 1. The predicted molar refractivity (Wildman–Crippen MR) is 110 cm³/mol. The molecule has 0 unspecified atom stereocenters. The van der Waals surface area contributed by atoms with Crippen molar-refractivity contribution >= 4 is 22.0 Å². The normalized spacial score (nSPS) is 16.0. The number of nitrogens with zero attached hydrogens (tertiary/aromatic N) is 3. The highest BCUT2D eigenvalue weighted by molar-refractivity contribution is 7.88. The van der Waals surface area contributed by atoms with Crippen molar-refractivity contribution in [2.24, 2.45) is 0 Å². The molecular formula is C20H30N4O3S. The van der Waals surface area contributed by atoms with E-state index in [-0.39, 0.29) is 18.7 Å². The molecule has 1 N–H and O–H groups in total. The Balaban J connectivity index is 2.17. The number of aryl methyl sites for hydroxylation is 1. The van der Waals surface area contributed by atoms with E-state index in [4.69, 9.17) is 0 Å². The van der Waals surface area contributed by atoms with Crippen LogP contribution >= 0.6 is 0 Å². The third kappa shape index (κ3) is 5.69. The first-order valence-corrected chi connectivity index (χ1v) is 11.5. The summed E-state index contributed by atoms with van der Waals surface area (Å²) in [7, 11) is -1.75. The van der Waals surface area contributed by atoms with E-state index in [1.165, 1.54) is 37.0 Å². The first-order valence-electron chi connectivity index (χ1n) is 9.64. The minimum absolute atomic E-state index is 0.0470. The van der Waals surface area contributed by atoms with Gasteiger partial charge in [-0.15, -0.1) is 0 Å². The molecule has 1 aromatic heterocycles. The number of aromatic nitrogens is 1. The third-order valence-electron chi connectivity index (χ3n) is 5.27. The summed E-state index contributed by atoms with van der Waals surface area (Å²) in [6.07, 6.45) is 8.81. The Kier molecular flexibility index (Phi) is 7.44. The maximum atomic E-state index is 12.6. The van der Waals surface area contributed by atoms with Crippen LogP contribution in [0.15, 0.2) is 11.6 Å². The Morgan fingerprint density at radius 3 is 2.57 bits per heavy atom. The van der Waals surface area contributed by atoms with Gasteiger partial charge < -0.3 is 9.47 Å². The molecule has 0 atom stereocenters. The number of carbonyl (C=O) groups is 1. The van der Waals surface area contributed by atoms with E-state index in [0.717, 1.165) is 23.2 Å². The van der Waals surface area contributed by atoms with Crippen LogP contribution in [0, 0.1) is 25.2 Å². The Morgan fingerprint density at radius 2 is 2.00 bits per heavy atom. The summed E-state index contributed by atoms with van der Waals surface area (Å²) in [6.45, 7) is 4.39. The largest absolute Gasteiger partial charge is 0.346 e. The maximum Gasteiger partial charge on any atom is 0.264 e. The van der Waals surface area contributed by atoms with Crippen LogP contribution in [0.1, 0.15) is 55.1 Å². The van der Waals surface area contributed by atoms with Gasteiger partial charge in [0.1, 0.15) is 11.6 Å². The molecule has 2 rings (SSSR count). The monoisotopic (exact) mass is 406 g/mol. The average Bonchev–Trinajstić information content (AvgIpc) is 2.92. The highest BCUT2D eigenvalue weighted by Crippen LogP contribution is 2.32. The van der Waals surface area contributed by atoms with Gasteiger partial charge in [0.2, 0.25) is 10.0 Å². The van der Waals surface area contributed by atoms with E-state index >= 15 is 0 Å². The van der Waals surface area contributed by atoms with Crippen molar-refractivity contribution in [2.45, 2.75) is 52.0 Å². The number of nitrogens with one attached hydrogen (secondary N) is 1. The molecule has 28 heavy (non-hydrogen) atoms. The molecule has 154 valence electrons. The van der Waals surface area contributed by atoms with Gasteiger partial charge in [-0.3, -0.25) is 4.79 Å². The van der Waals surface area contributed by atoms with Gasteiger partial charge in [-0.25, -0.2) is 13.1 Å². The average molecular weight is 407 g/mol. The van der Waals surface area contributed by atoms with Crippen molar-refractivity contribution in [1.82, 2.24) is 14.2 Å². The predicted octanol–water partition coefficient (Wildman–Crippen LogP) is 2.52. The Labute approximate surface area is 168 Å². The Hall–Kier alpha value is -2.11. The summed E-state index contributed by atoms with van der Waals surface area (Å²) in [5.74, 6) is -0.416. The highest BCUT2D eigenvalue weighted by Gasteiger charge is 2.21. The zero-order valence-electron chi connectivity index (χ0n) is 17.2. The molecule has 0 spiro atoms. The van der Waals surface area contributed by atoms with Crippen LogP contribution in [0.4, 0.5) is 0 Å². The molecule has 1 aromatic rings. The molecule has 1 saturated carbocycles. The molecule has 0 saturated heterocycles. The maximum absolute atomic E-state index is 12.6. The van der Waals surface area contributed by atoms with Gasteiger partial charge in [0.05, 0.1) is 6.26 Å². The van der Waals surface area contributed by atoms with E-state index in [1.807, 2.05) is 19.1 Å². The number of rotatable bonds is 7. The summed E-state index contributed by atoms with van der Waals surface area (Å²) < 4.78 is 27.0. The van der Waals surface area contributed by atoms with Crippen molar-refractivity contribution < 1.29 is 13.2 Å². The van der Waals surface area contributed by atoms with Crippen LogP contribution < -0.4 is 4.72 Å². The molecule has 1 amide bonds. The lowest BCUT2D eigenvalue weighted by molar-refractivity contribution is -0.125. The second kappa shape index (κ2) is 9.39. The highest BCUT2D eigenvalue weighted by atomic mass is 32.2. The van der Waals surface area contributed by atoms with E-state index in [9.17, 15) is 18.5 Å². The number of amides is 1. The summed E-state index contributed by atoms with van der Waals surface area (Å²) in [5.41, 5.74) is 3.15. The zero-order valence-corrected chi connectivity index (χ0v) is 18.0. The van der Waals surface area contributed by atoms with E-state index < -0.39 is 15.9 Å². The molecule has 0 aromatic carbocycles. The van der Waals surface area contributed by atoms with Crippen molar-refractivity contribution in [3.05, 3.63) is 28.6 Å². The Morgan fingerprint density at radius 1 is 1.36 bits per heavy atom. The van der Waals surface area contributed by atoms with Gasteiger partial charge in [-0.1, -0.05) is 19.3 Å². The lowest BCUT2D eigenvalue weighted by Crippen LogP contribution is -2.36. The van der Waals surface area contributed by atoms with E-state index in [2.05, 4.69) is 16.2 Å². The summed E-state index contributed by atoms with van der Waals surface area (Å²) in [5, 5.41) is 9.49. The minimum Gasteiger partial charge on any atom is -0.346 e. The third-order valence-corrected chi connectivity index (χ3v) is 6.00. The van der Waals surface area contributed by atoms with Gasteiger partial charge in [0, 0.05) is 37.6 Å². The van der Waals surface area contributed by atoms with Gasteiger partial charge in [-0.2, -0.15) is 5.26 Å². The molecule has 1 aliphatic carbocycles. The minimum atomic E-state index is -3.31. The van der Waals surface area contributed by atoms with Crippen LogP contribution in [-0.2, 0) is 14.8 Å². The number of carbonyl (C=O) groups excluding carboxylic acids is 1. The molecule has 0 radical (unpaired) electrons. The number of sulfonamides is 1. The van der Waals surface area contributed by atoms with E-state index in [0.29, 0.717) is 6.04 Å². The molecule has 0 aliphatic heterocycles. The molecule has 1 heterocycles. The van der Waals surface area contributed by atoms with Crippen LogP contribution in [0.5, 0.6) is 0 Å². The van der Waals surface area contributed by atoms with Gasteiger partial charge in [0.15, 0.2) is 0 Å². The zero-order chi connectivity index (χ0) is 20.9. The number of hydrogen-bond donors (Lipinski definition) is 1. The molecule has 0 bridgehead atoms. The Bertz CT molecular complexity index is 887. The smallest absolute Gasteiger partial charge is 0.264 e. The van der Waals surface area contributed by atoms with E-state index in [1.54, 1.807) is 13.1 Å². The van der Waals surface area contributed by atoms with Crippen molar-refractivity contribution in [3.63, 3.8) is 0 Å². The second-order valence-electron chi connectivity index (χ2n) is 7.55. The summed E-state index contributed by atoms with van der Waals surface area (Å²) in [6, 6.07) is 4.51. The fourth-order valence-electron chi connectivity index (χ4n) is 3.85. The van der Waals surface area contributed by atoms with Gasteiger partial charge in [0.25, 0.3) is 5.91 Å². The SMILES string of the molecule is Cc1cc(/C=C(\C#N)C(=O)N(C)CCNS(C)(=O)=O)c(C)n1C1CCCCC1. The summed E-state index contributed by atoms with van der Waals surface area (Å²) in [4.78, 5) is 13.9. The van der Waals surface area contributed by atoms with Crippen LogP contribution in [0.3, 0.4) is 0 Å². The fraction of sp³-hybridized carbons (Fsp3) is 0.600. The molecule has 1 aliphatic rings. The summed E-state index contributed by atoms with van der Waals surface area (Å²) >= 11 is 0. The van der Waals surface area contributed by atoms with Crippen molar-refractivity contribution in [2.75, 3.05) is 26.4 Å². The quantitative estimate of drug-likeness (QED) is 0.556. The van der Waals surface area contributed by atoms with Crippen LogP contribution in [0.25, 0.3) is 6.08 Å². The lowest BCUT2D eigenvalue weighted by atomic mass is 9.95. The first-order chi connectivity index (χ1) is 13.1. The standard InChI is InChI=1S/C20H30N4O3S/c1-15-12-17(16(2)24(15)19-8-6-5-7-9-19)13-18(14-21)20(25)23(3)11-10-22-28(4,26)27/h12-13,19,22H,5-11H2,1-4H3/b18-13+. The molecule has 7 nitrogen and oxygen atoms in total. The van der Waals surface area contributed by atoms with Crippen molar-refractivity contribution in [3.8, 4) is 6.07 Å². The molecular weight excluding hydrogens is 376 g/mol. The number of likely N-dealkylation sites (N-methyl/N-ethyl adjacent to an activating group) is 1. The topological polar surface area (TPSA) is 95.2 Å². The van der Waals surface area contributed by atoms with Crippen LogP contribution in [0.2, 0.25) is 0 Å². The number of hydrogen-bond acceptors (Lipinski definition) is 4.